The molecule has 4 nitrogen and oxygen atoms in total. The molecule has 0 unspecified atom stereocenters. The molecule has 0 atom stereocenters. The van der Waals surface area contributed by atoms with Gasteiger partial charge in [-0.1, -0.05) is 23.6 Å². The van der Waals surface area contributed by atoms with E-state index in [1.54, 1.807) is 29.6 Å². The molecule has 0 aliphatic carbocycles. The van der Waals surface area contributed by atoms with E-state index >= 15 is 0 Å². The second-order valence-electron chi connectivity index (χ2n) is 3.74. The molecule has 0 spiro atoms. The number of pyridine rings is 1. The number of carbonyl (C=O) groups is 1. The van der Waals surface area contributed by atoms with Gasteiger partial charge in [-0.05, 0) is 29.5 Å². The maximum absolute atomic E-state index is 12.0. The fourth-order valence-electron chi connectivity index (χ4n) is 1.41. The number of rotatable bonds is 3. The number of aromatic nitrogens is 1. The number of nitrogens with zero attached hydrogens (tertiary/aromatic N) is 1. The number of anilines is 1. The Kier molecular flexibility index (Phi) is 5.13. The fraction of sp³-hybridized carbons (Fsp3) is 0.143. The average molecular weight is 307 g/mol. The van der Waals surface area contributed by atoms with Crippen molar-refractivity contribution >= 4 is 34.7 Å². The Bertz CT molecular complexity index is 673. The Morgan fingerprint density at radius 1 is 1.45 bits per heavy atom. The van der Waals surface area contributed by atoms with Gasteiger partial charge in [-0.3, -0.25) is 4.79 Å². The van der Waals surface area contributed by atoms with E-state index in [1.165, 1.54) is 11.3 Å². The Hall–Kier alpha value is -1.87. The summed E-state index contributed by atoms with van der Waals surface area (Å²) in [5.74, 6) is 5.70. The van der Waals surface area contributed by atoms with Gasteiger partial charge < -0.3 is 10.4 Å². The highest BCUT2D eigenvalue weighted by Gasteiger charge is 2.12. The molecule has 2 heterocycles. The van der Waals surface area contributed by atoms with E-state index < -0.39 is 0 Å². The SMILES string of the molecule is O=C(Nc1cccc(C#CCCO)n1)c1sccc1Cl. The fourth-order valence-corrected chi connectivity index (χ4v) is 2.45. The minimum absolute atomic E-state index is 0.0142. The monoisotopic (exact) mass is 306 g/mol. The number of thiophene rings is 1. The van der Waals surface area contributed by atoms with Crippen molar-refractivity contribution in [3.05, 3.63) is 45.2 Å². The van der Waals surface area contributed by atoms with Gasteiger partial charge in [0.05, 0.1) is 11.6 Å². The van der Waals surface area contributed by atoms with Crippen LogP contribution in [0, 0.1) is 11.8 Å². The second-order valence-corrected chi connectivity index (χ2v) is 5.06. The standard InChI is InChI=1S/C14H11ClN2O2S/c15-11-7-9-20-13(11)14(19)17-12-6-3-5-10(16-12)4-1-2-8-18/h3,5-7,9,18H,2,8H2,(H,16,17,19). The summed E-state index contributed by atoms with van der Waals surface area (Å²) in [6.45, 7) is 0.0142. The van der Waals surface area contributed by atoms with E-state index in [2.05, 4.69) is 22.1 Å². The molecule has 2 aromatic rings. The van der Waals surface area contributed by atoms with E-state index in [0.29, 0.717) is 27.8 Å². The number of hydrogen-bond acceptors (Lipinski definition) is 4. The highest BCUT2D eigenvalue weighted by Crippen LogP contribution is 2.22. The third-order valence-electron chi connectivity index (χ3n) is 2.27. The lowest BCUT2D eigenvalue weighted by molar-refractivity contribution is 0.103. The van der Waals surface area contributed by atoms with Crippen LogP contribution in [0.25, 0.3) is 0 Å². The van der Waals surface area contributed by atoms with Crippen molar-refractivity contribution in [2.24, 2.45) is 0 Å². The van der Waals surface area contributed by atoms with E-state index in [1.807, 2.05) is 0 Å². The number of nitrogens with one attached hydrogen (secondary N) is 1. The third kappa shape index (κ3) is 3.81. The first-order valence-electron chi connectivity index (χ1n) is 5.82. The van der Waals surface area contributed by atoms with Gasteiger partial charge in [0.1, 0.15) is 16.4 Å². The minimum Gasteiger partial charge on any atom is -0.395 e. The number of halogens is 1. The zero-order valence-corrected chi connectivity index (χ0v) is 12.0. The Morgan fingerprint density at radius 2 is 2.30 bits per heavy atom. The van der Waals surface area contributed by atoms with Gasteiger partial charge in [0, 0.05) is 6.42 Å². The molecule has 1 amide bonds. The van der Waals surface area contributed by atoms with Crippen LogP contribution in [0.2, 0.25) is 5.02 Å². The first-order chi connectivity index (χ1) is 9.70. The van der Waals surface area contributed by atoms with Crippen molar-refractivity contribution in [2.75, 3.05) is 11.9 Å². The van der Waals surface area contributed by atoms with Crippen molar-refractivity contribution < 1.29 is 9.90 Å². The lowest BCUT2D eigenvalue weighted by atomic mass is 10.3. The zero-order chi connectivity index (χ0) is 14.4. The molecule has 6 heteroatoms. The molecule has 0 saturated heterocycles. The first kappa shape index (κ1) is 14.5. The number of aliphatic hydroxyl groups excluding tert-OH is 1. The molecular formula is C14H11ClN2O2S. The maximum Gasteiger partial charge on any atom is 0.268 e. The van der Waals surface area contributed by atoms with Crippen LogP contribution in [0.4, 0.5) is 5.82 Å². The minimum atomic E-state index is -0.294. The van der Waals surface area contributed by atoms with Gasteiger partial charge in [0.2, 0.25) is 0 Å². The first-order valence-corrected chi connectivity index (χ1v) is 7.07. The van der Waals surface area contributed by atoms with Crippen molar-refractivity contribution in [1.82, 2.24) is 4.98 Å². The van der Waals surface area contributed by atoms with Crippen LogP contribution in [0.5, 0.6) is 0 Å². The number of amides is 1. The summed E-state index contributed by atoms with van der Waals surface area (Å²) in [5, 5.41) is 13.5. The predicted molar refractivity (Wildman–Crippen MR) is 80.1 cm³/mol. The molecule has 0 aliphatic rings. The summed E-state index contributed by atoms with van der Waals surface area (Å²) in [5.41, 5.74) is 0.536. The molecule has 0 radical (unpaired) electrons. The van der Waals surface area contributed by atoms with Gasteiger partial charge in [-0.2, -0.15) is 0 Å². The summed E-state index contributed by atoms with van der Waals surface area (Å²) >= 11 is 7.17. The molecule has 2 N–H and O–H groups in total. The van der Waals surface area contributed by atoms with Gasteiger partial charge in [-0.15, -0.1) is 11.3 Å². The number of carbonyl (C=O) groups excluding carboxylic acids is 1. The number of hydrogen-bond donors (Lipinski definition) is 2. The summed E-state index contributed by atoms with van der Waals surface area (Å²) < 4.78 is 0. The molecule has 0 bridgehead atoms. The van der Waals surface area contributed by atoms with Gasteiger partial charge in [0.25, 0.3) is 5.91 Å². The maximum atomic E-state index is 12.0. The van der Waals surface area contributed by atoms with E-state index in [4.69, 9.17) is 16.7 Å². The molecule has 0 fully saturated rings. The van der Waals surface area contributed by atoms with Crippen molar-refractivity contribution in [2.45, 2.75) is 6.42 Å². The lowest BCUT2D eigenvalue weighted by Crippen LogP contribution is -2.12. The average Bonchev–Trinajstić information content (AvgIpc) is 2.86. The van der Waals surface area contributed by atoms with E-state index in [0.717, 1.165) is 0 Å². The molecule has 20 heavy (non-hydrogen) atoms. The smallest absolute Gasteiger partial charge is 0.268 e. The molecular weight excluding hydrogens is 296 g/mol. The van der Waals surface area contributed by atoms with Crippen LogP contribution >= 0.6 is 22.9 Å². The molecule has 0 aromatic carbocycles. The van der Waals surface area contributed by atoms with Crippen molar-refractivity contribution in [3.63, 3.8) is 0 Å². The van der Waals surface area contributed by atoms with Crippen LogP contribution in [-0.4, -0.2) is 22.6 Å². The summed E-state index contributed by atoms with van der Waals surface area (Å²) in [6.07, 6.45) is 0.392. The van der Waals surface area contributed by atoms with Crippen LogP contribution in [0.1, 0.15) is 21.8 Å². The molecule has 2 aromatic heterocycles. The molecule has 0 aliphatic heterocycles. The van der Waals surface area contributed by atoms with Crippen LogP contribution < -0.4 is 5.32 Å². The highest BCUT2D eigenvalue weighted by molar-refractivity contribution is 7.12. The topological polar surface area (TPSA) is 62.2 Å². The highest BCUT2D eigenvalue weighted by atomic mass is 35.5. The van der Waals surface area contributed by atoms with Gasteiger partial charge >= 0.3 is 0 Å². The third-order valence-corrected chi connectivity index (χ3v) is 3.61. The molecule has 102 valence electrons. The van der Waals surface area contributed by atoms with Crippen molar-refractivity contribution in [3.8, 4) is 11.8 Å². The van der Waals surface area contributed by atoms with Crippen LogP contribution in [0.3, 0.4) is 0 Å². The van der Waals surface area contributed by atoms with Gasteiger partial charge in [0.15, 0.2) is 0 Å². The van der Waals surface area contributed by atoms with Crippen LogP contribution in [-0.2, 0) is 0 Å². The summed E-state index contributed by atoms with van der Waals surface area (Å²) in [7, 11) is 0. The molecule has 2 rings (SSSR count). The van der Waals surface area contributed by atoms with E-state index in [9.17, 15) is 4.79 Å². The van der Waals surface area contributed by atoms with Crippen LogP contribution in [0.15, 0.2) is 29.6 Å². The zero-order valence-electron chi connectivity index (χ0n) is 10.4. The Labute approximate surface area is 125 Å². The quantitative estimate of drug-likeness (QED) is 0.857. The normalized spacial score (nSPS) is 9.70. The number of aliphatic hydroxyl groups is 1. The second kappa shape index (κ2) is 7.06. The molecule has 0 saturated carbocycles. The summed E-state index contributed by atoms with van der Waals surface area (Å²) in [6, 6.07) is 6.84. The lowest BCUT2D eigenvalue weighted by Gasteiger charge is -2.03. The summed E-state index contributed by atoms with van der Waals surface area (Å²) in [4.78, 5) is 16.6. The Balaban J connectivity index is 2.11. The Morgan fingerprint density at radius 3 is 3.00 bits per heavy atom. The van der Waals surface area contributed by atoms with Gasteiger partial charge in [-0.25, -0.2) is 4.98 Å². The predicted octanol–water partition coefficient (Wildman–Crippen LogP) is 2.78. The van der Waals surface area contributed by atoms with E-state index in [-0.39, 0.29) is 12.5 Å². The van der Waals surface area contributed by atoms with Crippen molar-refractivity contribution in [1.29, 1.82) is 0 Å². The largest absolute Gasteiger partial charge is 0.395 e.